The Kier molecular flexibility index (Phi) is 5.06. The van der Waals surface area contributed by atoms with Crippen molar-refractivity contribution in [1.29, 1.82) is 0 Å². The minimum Gasteiger partial charge on any atom is -0.493 e. The second kappa shape index (κ2) is 7.96. The van der Waals surface area contributed by atoms with Gasteiger partial charge in [0.25, 0.3) is 0 Å². The Morgan fingerprint density at radius 1 is 0.893 bits per heavy atom. The van der Waals surface area contributed by atoms with Gasteiger partial charge in [0, 0.05) is 17.3 Å². The van der Waals surface area contributed by atoms with Crippen LogP contribution in [0.1, 0.15) is 5.56 Å². The number of halogens is 1. The number of hydrogen-bond donors (Lipinski definition) is 1. The van der Waals surface area contributed by atoms with Crippen molar-refractivity contribution in [1.82, 2.24) is 9.97 Å². The van der Waals surface area contributed by atoms with E-state index in [1.807, 2.05) is 54.7 Å². The van der Waals surface area contributed by atoms with E-state index in [9.17, 15) is 4.39 Å². The predicted octanol–water partition coefficient (Wildman–Crippen LogP) is 5.47. The quantitative estimate of drug-likeness (QED) is 0.487. The predicted molar refractivity (Wildman–Crippen MR) is 107 cm³/mol. The van der Waals surface area contributed by atoms with E-state index < -0.39 is 0 Å². The molecule has 5 heteroatoms. The summed E-state index contributed by atoms with van der Waals surface area (Å²) in [4.78, 5) is 7.74. The number of aromatic nitrogens is 2. The molecule has 4 nitrogen and oxygen atoms in total. The number of aromatic amines is 1. The monoisotopic (exact) mass is 374 g/mol. The zero-order chi connectivity index (χ0) is 19.3. The third kappa shape index (κ3) is 3.88. The highest BCUT2D eigenvalue weighted by Crippen LogP contribution is 2.33. The van der Waals surface area contributed by atoms with Gasteiger partial charge in [-0.05, 0) is 48.0 Å². The zero-order valence-electron chi connectivity index (χ0n) is 15.4. The Morgan fingerprint density at radius 3 is 2.39 bits per heavy atom. The smallest absolute Gasteiger partial charge is 0.161 e. The maximum absolute atomic E-state index is 13.1. The van der Waals surface area contributed by atoms with Crippen LogP contribution in [0.3, 0.4) is 0 Å². The highest BCUT2D eigenvalue weighted by atomic mass is 19.1. The fraction of sp³-hybridized carbons (Fsp3) is 0.0870. The van der Waals surface area contributed by atoms with Gasteiger partial charge in [-0.25, -0.2) is 9.37 Å². The largest absolute Gasteiger partial charge is 0.493 e. The molecule has 0 radical (unpaired) electrons. The van der Waals surface area contributed by atoms with Gasteiger partial charge in [0.1, 0.15) is 18.2 Å². The van der Waals surface area contributed by atoms with Gasteiger partial charge < -0.3 is 14.5 Å². The van der Waals surface area contributed by atoms with Gasteiger partial charge in [0.05, 0.1) is 12.8 Å². The lowest BCUT2D eigenvalue weighted by Crippen LogP contribution is -1.97. The molecule has 0 unspecified atom stereocenters. The average molecular weight is 374 g/mol. The van der Waals surface area contributed by atoms with Gasteiger partial charge in [0.15, 0.2) is 11.5 Å². The molecule has 4 rings (SSSR count). The van der Waals surface area contributed by atoms with Gasteiger partial charge in [-0.2, -0.15) is 0 Å². The van der Waals surface area contributed by atoms with E-state index in [-0.39, 0.29) is 5.82 Å². The van der Waals surface area contributed by atoms with E-state index in [0.717, 1.165) is 22.4 Å². The van der Waals surface area contributed by atoms with E-state index in [1.54, 1.807) is 19.2 Å². The highest BCUT2D eigenvalue weighted by molar-refractivity contribution is 5.67. The van der Waals surface area contributed by atoms with Crippen LogP contribution in [-0.2, 0) is 6.61 Å². The number of benzene rings is 3. The lowest BCUT2D eigenvalue weighted by atomic mass is 10.1. The number of H-pyrrole nitrogens is 1. The summed E-state index contributed by atoms with van der Waals surface area (Å²) in [5, 5.41) is 0. The molecular weight excluding hydrogens is 355 g/mol. The molecule has 1 N–H and O–H groups in total. The van der Waals surface area contributed by atoms with Crippen LogP contribution in [0.2, 0.25) is 0 Å². The molecule has 0 spiro atoms. The van der Waals surface area contributed by atoms with Crippen molar-refractivity contribution < 1.29 is 13.9 Å². The van der Waals surface area contributed by atoms with E-state index in [0.29, 0.717) is 23.9 Å². The molecule has 0 saturated heterocycles. The second-order valence-electron chi connectivity index (χ2n) is 6.28. The minimum absolute atomic E-state index is 0.272. The van der Waals surface area contributed by atoms with Gasteiger partial charge in [-0.1, -0.05) is 30.3 Å². The number of imidazole rings is 1. The normalized spacial score (nSPS) is 10.6. The van der Waals surface area contributed by atoms with Gasteiger partial charge in [0.2, 0.25) is 0 Å². The molecular formula is C23H19FN2O2. The first kappa shape index (κ1) is 17.8. The summed E-state index contributed by atoms with van der Waals surface area (Å²) in [6.07, 6.45) is 1.82. The molecule has 0 aliphatic heterocycles. The first-order valence-electron chi connectivity index (χ1n) is 8.89. The van der Waals surface area contributed by atoms with E-state index >= 15 is 0 Å². The molecule has 3 aromatic carbocycles. The zero-order valence-corrected chi connectivity index (χ0v) is 15.4. The summed E-state index contributed by atoms with van der Waals surface area (Å²) in [6.45, 7) is 0.466. The molecule has 0 atom stereocenters. The summed E-state index contributed by atoms with van der Waals surface area (Å²) in [7, 11) is 1.61. The maximum atomic E-state index is 13.1. The lowest BCUT2D eigenvalue weighted by Gasteiger charge is -2.11. The molecule has 0 amide bonds. The molecule has 140 valence electrons. The summed E-state index contributed by atoms with van der Waals surface area (Å²) in [5.41, 5.74) is 3.58. The Labute approximate surface area is 162 Å². The Hall–Kier alpha value is -3.60. The molecule has 0 aliphatic rings. The number of ether oxygens (including phenoxy) is 2. The molecule has 0 saturated carbocycles. The van der Waals surface area contributed by atoms with Crippen LogP contribution in [-0.4, -0.2) is 17.1 Å². The lowest BCUT2D eigenvalue weighted by molar-refractivity contribution is 0.284. The maximum Gasteiger partial charge on any atom is 0.161 e. The van der Waals surface area contributed by atoms with Crippen LogP contribution in [0, 0.1) is 5.82 Å². The van der Waals surface area contributed by atoms with Crippen LogP contribution in [0.15, 0.2) is 79.0 Å². The summed E-state index contributed by atoms with van der Waals surface area (Å²) < 4.78 is 24.5. The minimum atomic E-state index is -0.272. The van der Waals surface area contributed by atoms with Crippen LogP contribution < -0.4 is 9.47 Å². The number of nitrogens with one attached hydrogen (secondary N) is 1. The molecule has 1 aromatic heterocycles. The van der Waals surface area contributed by atoms with Crippen molar-refractivity contribution in [3.8, 4) is 34.1 Å². The topological polar surface area (TPSA) is 47.1 Å². The summed E-state index contributed by atoms with van der Waals surface area (Å²) in [6, 6.07) is 21.9. The number of nitrogens with zero attached hydrogens (tertiary/aromatic N) is 1. The van der Waals surface area contributed by atoms with Crippen LogP contribution >= 0.6 is 0 Å². The Balaban J connectivity index is 1.55. The SMILES string of the molecule is COc1cc(-c2c[nH]c(-c3ccc(F)cc3)n2)ccc1OCc1ccccc1. The van der Waals surface area contributed by atoms with Crippen molar-refractivity contribution in [3.05, 3.63) is 90.4 Å². The molecule has 28 heavy (non-hydrogen) atoms. The summed E-state index contributed by atoms with van der Waals surface area (Å²) in [5.74, 6) is 1.72. The second-order valence-corrected chi connectivity index (χ2v) is 6.28. The average Bonchev–Trinajstić information content (AvgIpc) is 3.23. The van der Waals surface area contributed by atoms with E-state index in [2.05, 4.69) is 9.97 Å². The number of hydrogen-bond acceptors (Lipinski definition) is 3. The van der Waals surface area contributed by atoms with Crippen molar-refractivity contribution >= 4 is 0 Å². The molecule has 1 heterocycles. The fourth-order valence-corrected chi connectivity index (χ4v) is 2.91. The van der Waals surface area contributed by atoms with Crippen molar-refractivity contribution in [2.45, 2.75) is 6.61 Å². The molecule has 0 bridgehead atoms. The van der Waals surface area contributed by atoms with Crippen molar-refractivity contribution in [2.24, 2.45) is 0 Å². The first-order chi connectivity index (χ1) is 13.7. The molecule has 4 aromatic rings. The number of methoxy groups -OCH3 is 1. The fourth-order valence-electron chi connectivity index (χ4n) is 2.91. The van der Waals surface area contributed by atoms with E-state index in [1.165, 1.54) is 12.1 Å². The Morgan fingerprint density at radius 2 is 1.64 bits per heavy atom. The highest BCUT2D eigenvalue weighted by Gasteiger charge is 2.11. The summed E-state index contributed by atoms with van der Waals surface area (Å²) >= 11 is 0. The van der Waals surface area contributed by atoms with E-state index in [4.69, 9.17) is 9.47 Å². The van der Waals surface area contributed by atoms with Gasteiger partial charge >= 0.3 is 0 Å². The molecule has 0 fully saturated rings. The third-order valence-corrected chi connectivity index (χ3v) is 4.39. The first-order valence-corrected chi connectivity index (χ1v) is 8.89. The van der Waals surface area contributed by atoms with Crippen molar-refractivity contribution in [3.63, 3.8) is 0 Å². The van der Waals surface area contributed by atoms with Crippen LogP contribution in [0.5, 0.6) is 11.5 Å². The number of rotatable bonds is 6. The van der Waals surface area contributed by atoms with Crippen LogP contribution in [0.25, 0.3) is 22.6 Å². The van der Waals surface area contributed by atoms with Crippen molar-refractivity contribution in [2.75, 3.05) is 7.11 Å². The standard InChI is InChI=1S/C23H19FN2O2/c1-27-22-13-18(9-12-21(22)28-15-16-5-3-2-4-6-16)20-14-25-23(26-20)17-7-10-19(24)11-8-17/h2-14H,15H2,1H3,(H,25,26). The van der Waals surface area contributed by atoms with Gasteiger partial charge in [-0.15, -0.1) is 0 Å². The van der Waals surface area contributed by atoms with Gasteiger partial charge in [-0.3, -0.25) is 0 Å². The van der Waals surface area contributed by atoms with Crippen LogP contribution in [0.4, 0.5) is 4.39 Å². The Bertz CT molecular complexity index is 1060. The molecule has 0 aliphatic carbocycles. The third-order valence-electron chi connectivity index (χ3n) is 4.39.